The van der Waals surface area contributed by atoms with Crippen molar-refractivity contribution in [3.8, 4) is 0 Å². The van der Waals surface area contributed by atoms with Crippen LogP contribution in [0.15, 0.2) is 102 Å². The Labute approximate surface area is 174 Å². The normalized spacial score (nSPS) is 10.9. The van der Waals surface area contributed by atoms with Crippen LogP contribution in [-0.2, 0) is 9.84 Å². The summed E-state index contributed by atoms with van der Waals surface area (Å²) in [5.74, 6) is 0. The van der Waals surface area contributed by atoms with Gasteiger partial charge in [-0.05, 0) is 30.5 Å². The van der Waals surface area contributed by atoms with Crippen LogP contribution in [0.1, 0.15) is 43.7 Å². The fraction of sp³-hybridized carbons (Fsp3) is 0.192. The number of unbranched alkanes of at least 4 members (excludes halogenated alkanes) is 2. The van der Waals surface area contributed by atoms with E-state index in [1.807, 2.05) is 66.7 Å². The Kier molecular flexibility index (Phi) is 7.24. The maximum absolute atomic E-state index is 13.5. The van der Waals surface area contributed by atoms with Gasteiger partial charge in [0, 0.05) is 11.1 Å². The van der Waals surface area contributed by atoms with Crippen LogP contribution < -0.4 is 0 Å². The van der Waals surface area contributed by atoms with Crippen LogP contribution in [0, 0.1) is 0 Å². The van der Waals surface area contributed by atoms with Crippen molar-refractivity contribution in [2.75, 3.05) is 0 Å². The molecule has 0 aliphatic rings. The monoisotopic (exact) mass is 402 g/mol. The second kappa shape index (κ2) is 10.1. The zero-order valence-corrected chi connectivity index (χ0v) is 17.5. The second-order valence-electron chi connectivity index (χ2n) is 6.94. The van der Waals surface area contributed by atoms with E-state index in [1.165, 1.54) is 0 Å². The van der Waals surface area contributed by atoms with E-state index < -0.39 is 9.84 Å². The minimum absolute atomic E-state index is 0.222. The SMILES string of the molecule is CCCCCC(=C=C(c1ccccc1)S(=O)(=O)c1ccccc1)c1ccccc1. The lowest BCUT2D eigenvalue weighted by atomic mass is 10.00. The minimum atomic E-state index is -3.70. The molecule has 3 heteroatoms. The van der Waals surface area contributed by atoms with Gasteiger partial charge >= 0.3 is 0 Å². The topological polar surface area (TPSA) is 34.1 Å². The summed E-state index contributed by atoms with van der Waals surface area (Å²) in [6.07, 6.45) is 4.00. The smallest absolute Gasteiger partial charge is 0.214 e. The molecule has 0 saturated heterocycles. The van der Waals surface area contributed by atoms with E-state index in [2.05, 4.69) is 12.7 Å². The Bertz CT molecular complexity index is 1080. The van der Waals surface area contributed by atoms with E-state index in [0.717, 1.165) is 36.8 Å². The number of sulfone groups is 1. The first-order valence-corrected chi connectivity index (χ1v) is 11.5. The average Bonchev–Trinajstić information content (AvgIpc) is 2.78. The fourth-order valence-corrected chi connectivity index (χ4v) is 4.66. The summed E-state index contributed by atoms with van der Waals surface area (Å²) in [6.45, 7) is 2.16. The predicted octanol–water partition coefficient (Wildman–Crippen LogP) is 6.76. The minimum Gasteiger partial charge on any atom is -0.218 e. The second-order valence-corrected chi connectivity index (χ2v) is 8.82. The van der Waals surface area contributed by atoms with Crippen LogP contribution in [-0.4, -0.2) is 8.42 Å². The van der Waals surface area contributed by atoms with Crippen LogP contribution in [0.2, 0.25) is 0 Å². The van der Waals surface area contributed by atoms with Crippen molar-refractivity contribution < 1.29 is 8.42 Å². The standard InChI is InChI=1S/C26H26O2S/c1-2-3-7-18-24(22-14-8-4-9-15-22)21-26(23-16-10-5-11-17-23)29(27,28)25-19-12-6-13-20-25/h4-6,8-17,19-20H,2-3,7,18H2,1H3. The Morgan fingerprint density at radius 2 is 1.24 bits per heavy atom. The molecular formula is C26H26O2S. The summed E-state index contributed by atoms with van der Waals surface area (Å²) in [5, 5.41) is 0. The van der Waals surface area contributed by atoms with E-state index >= 15 is 0 Å². The maximum Gasteiger partial charge on any atom is 0.214 e. The lowest BCUT2D eigenvalue weighted by Gasteiger charge is -2.10. The van der Waals surface area contributed by atoms with Crippen LogP contribution >= 0.6 is 0 Å². The Hall–Kier alpha value is -2.87. The van der Waals surface area contributed by atoms with Crippen molar-refractivity contribution in [3.63, 3.8) is 0 Å². The number of benzene rings is 3. The third-order valence-electron chi connectivity index (χ3n) is 4.78. The molecule has 3 aromatic carbocycles. The fourth-order valence-electron chi connectivity index (χ4n) is 3.21. The molecule has 0 bridgehead atoms. The molecule has 0 unspecified atom stereocenters. The zero-order chi connectivity index (χ0) is 20.5. The number of hydrogen-bond donors (Lipinski definition) is 0. The lowest BCUT2D eigenvalue weighted by molar-refractivity contribution is 0.606. The summed E-state index contributed by atoms with van der Waals surface area (Å²) in [5.41, 5.74) is 5.93. The summed E-state index contributed by atoms with van der Waals surface area (Å²) in [7, 11) is -3.70. The van der Waals surface area contributed by atoms with Crippen molar-refractivity contribution in [1.82, 2.24) is 0 Å². The molecule has 0 aliphatic carbocycles. The molecule has 0 heterocycles. The molecule has 0 aromatic heterocycles. The highest BCUT2D eigenvalue weighted by atomic mass is 32.2. The van der Waals surface area contributed by atoms with Crippen molar-refractivity contribution in [2.45, 2.75) is 37.5 Å². The molecule has 0 atom stereocenters. The molecule has 148 valence electrons. The molecule has 0 N–H and O–H groups in total. The van der Waals surface area contributed by atoms with Gasteiger partial charge in [0.05, 0.1) is 4.90 Å². The molecule has 3 rings (SSSR count). The molecule has 0 radical (unpaired) electrons. The molecule has 0 fully saturated rings. The summed E-state index contributed by atoms with van der Waals surface area (Å²) < 4.78 is 27.0. The van der Waals surface area contributed by atoms with E-state index in [0.29, 0.717) is 5.56 Å². The molecule has 0 amide bonds. The first kappa shape index (κ1) is 20.9. The van der Waals surface area contributed by atoms with Gasteiger partial charge in [-0.25, -0.2) is 8.42 Å². The third-order valence-corrected chi connectivity index (χ3v) is 6.54. The largest absolute Gasteiger partial charge is 0.218 e. The first-order valence-electron chi connectivity index (χ1n) is 10.0. The molecule has 0 aliphatic heterocycles. The highest BCUT2D eigenvalue weighted by Crippen LogP contribution is 2.30. The Morgan fingerprint density at radius 3 is 1.79 bits per heavy atom. The van der Waals surface area contributed by atoms with Gasteiger partial charge in [-0.15, -0.1) is 0 Å². The van der Waals surface area contributed by atoms with Gasteiger partial charge in [0.25, 0.3) is 0 Å². The van der Waals surface area contributed by atoms with Crippen LogP contribution in [0.25, 0.3) is 10.5 Å². The molecule has 2 nitrogen and oxygen atoms in total. The summed E-state index contributed by atoms with van der Waals surface area (Å²) in [6, 6.07) is 27.8. The molecule has 29 heavy (non-hydrogen) atoms. The van der Waals surface area contributed by atoms with Gasteiger partial charge < -0.3 is 0 Å². The van der Waals surface area contributed by atoms with E-state index in [-0.39, 0.29) is 9.80 Å². The van der Waals surface area contributed by atoms with E-state index in [1.54, 1.807) is 24.3 Å². The van der Waals surface area contributed by atoms with Gasteiger partial charge in [-0.1, -0.05) is 104 Å². The maximum atomic E-state index is 13.5. The zero-order valence-electron chi connectivity index (χ0n) is 16.7. The Balaban J connectivity index is 2.26. The quantitative estimate of drug-likeness (QED) is 0.308. The van der Waals surface area contributed by atoms with Gasteiger partial charge in [0.15, 0.2) is 0 Å². The summed E-state index contributed by atoms with van der Waals surface area (Å²) >= 11 is 0. The molecule has 3 aromatic rings. The third kappa shape index (κ3) is 5.35. The number of rotatable bonds is 8. The number of allylic oxidation sites excluding steroid dienone is 1. The van der Waals surface area contributed by atoms with Gasteiger partial charge in [0.2, 0.25) is 9.84 Å². The lowest BCUT2D eigenvalue weighted by Crippen LogP contribution is -2.04. The molecular weight excluding hydrogens is 376 g/mol. The number of hydrogen-bond acceptors (Lipinski definition) is 2. The van der Waals surface area contributed by atoms with Crippen LogP contribution in [0.3, 0.4) is 0 Å². The first-order chi connectivity index (χ1) is 14.1. The van der Waals surface area contributed by atoms with Gasteiger partial charge in [0.1, 0.15) is 4.91 Å². The van der Waals surface area contributed by atoms with Crippen molar-refractivity contribution in [3.05, 3.63) is 108 Å². The van der Waals surface area contributed by atoms with Crippen molar-refractivity contribution in [2.24, 2.45) is 0 Å². The highest BCUT2D eigenvalue weighted by Gasteiger charge is 2.22. The van der Waals surface area contributed by atoms with E-state index in [9.17, 15) is 8.42 Å². The molecule has 0 spiro atoms. The van der Waals surface area contributed by atoms with E-state index in [4.69, 9.17) is 0 Å². The van der Waals surface area contributed by atoms with Crippen LogP contribution in [0.5, 0.6) is 0 Å². The van der Waals surface area contributed by atoms with Crippen LogP contribution in [0.4, 0.5) is 0 Å². The van der Waals surface area contributed by atoms with Crippen molar-refractivity contribution in [1.29, 1.82) is 0 Å². The molecule has 0 saturated carbocycles. The average molecular weight is 403 g/mol. The van der Waals surface area contributed by atoms with Gasteiger partial charge in [-0.2, -0.15) is 0 Å². The van der Waals surface area contributed by atoms with Crippen molar-refractivity contribution >= 4 is 20.3 Å². The predicted molar refractivity (Wildman–Crippen MR) is 121 cm³/mol. The Morgan fingerprint density at radius 1 is 0.724 bits per heavy atom. The van der Waals surface area contributed by atoms with Gasteiger partial charge in [-0.3, -0.25) is 0 Å². The highest BCUT2D eigenvalue weighted by molar-refractivity contribution is 8.00. The summed E-state index contributed by atoms with van der Waals surface area (Å²) in [4.78, 5) is 0.506.